The molecule has 0 radical (unpaired) electrons. The molecule has 0 aromatic heterocycles. The van der Waals surface area contributed by atoms with Gasteiger partial charge in [0.1, 0.15) is 6.54 Å². The number of nitrogens with zero attached hydrogens (tertiary/aromatic N) is 1. The summed E-state index contributed by atoms with van der Waals surface area (Å²) in [6.45, 7) is 1.21. The third kappa shape index (κ3) is 5.22. The maximum absolute atomic E-state index is 12.3. The summed E-state index contributed by atoms with van der Waals surface area (Å²) in [6.07, 6.45) is -3.43. The van der Waals surface area contributed by atoms with Crippen molar-refractivity contribution in [2.45, 2.75) is 32.0 Å². The standard InChI is InChI=1S/C9H17F3N2O2S/c1-2-13-5-6-17(15,16)14(8-3-4-8)7-9(10,11)12/h8,13H,2-7H2,1H3. The smallest absolute Gasteiger partial charge is 0.316 e. The van der Waals surface area contributed by atoms with Crippen LogP contribution in [0.25, 0.3) is 0 Å². The summed E-state index contributed by atoms with van der Waals surface area (Å²) in [5.41, 5.74) is 0. The van der Waals surface area contributed by atoms with Gasteiger partial charge in [-0.2, -0.15) is 17.5 Å². The molecule has 4 nitrogen and oxygen atoms in total. The zero-order chi connectivity index (χ0) is 13.1. The van der Waals surface area contributed by atoms with E-state index >= 15 is 0 Å². The molecule has 8 heteroatoms. The average Bonchev–Trinajstić information content (AvgIpc) is 2.96. The van der Waals surface area contributed by atoms with Crippen LogP contribution in [0.5, 0.6) is 0 Å². The fraction of sp³-hybridized carbons (Fsp3) is 1.00. The number of hydrogen-bond acceptors (Lipinski definition) is 3. The quantitative estimate of drug-likeness (QED) is 0.703. The summed E-state index contributed by atoms with van der Waals surface area (Å²) >= 11 is 0. The average molecular weight is 274 g/mol. The lowest BCUT2D eigenvalue weighted by atomic mass is 10.6. The molecule has 1 N–H and O–H groups in total. The molecule has 0 unspecified atom stereocenters. The molecule has 0 saturated heterocycles. The van der Waals surface area contributed by atoms with Gasteiger partial charge in [0.05, 0.1) is 5.75 Å². The van der Waals surface area contributed by atoms with Crippen LogP contribution in [0.1, 0.15) is 19.8 Å². The van der Waals surface area contributed by atoms with E-state index in [1.165, 1.54) is 0 Å². The van der Waals surface area contributed by atoms with Crippen LogP contribution in [-0.4, -0.2) is 50.3 Å². The molecule has 0 amide bonds. The first-order chi connectivity index (χ1) is 7.76. The largest absolute Gasteiger partial charge is 0.402 e. The first kappa shape index (κ1) is 14.7. The van der Waals surface area contributed by atoms with Crippen LogP contribution in [-0.2, 0) is 10.0 Å². The number of alkyl halides is 3. The molecule has 0 heterocycles. The van der Waals surface area contributed by atoms with E-state index in [0.29, 0.717) is 23.7 Å². The van der Waals surface area contributed by atoms with Gasteiger partial charge in [-0.3, -0.25) is 0 Å². The van der Waals surface area contributed by atoms with Crippen molar-refractivity contribution in [3.63, 3.8) is 0 Å². The predicted octanol–water partition coefficient (Wildman–Crippen LogP) is 0.952. The van der Waals surface area contributed by atoms with Crippen molar-refractivity contribution in [2.24, 2.45) is 0 Å². The zero-order valence-electron chi connectivity index (χ0n) is 9.63. The molecule has 0 bridgehead atoms. The molecule has 1 saturated carbocycles. The van der Waals surface area contributed by atoms with Gasteiger partial charge in [-0.05, 0) is 19.4 Å². The number of nitrogens with one attached hydrogen (secondary N) is 1. The van der Waals surface area contributed by atoms with Crippen LogP contribution in [0, 0.1) is 0 Å². The fourth-order valence-corrected chi connectivity index (χ4v) is 3.13. The highest BCUT2D eigenvalue weighted by molar-refractivity contribution is 7.89. The van der Waals surface area contributed by atoms with E-state index < -0.39 is 28.8 Å². The molecule has 0 spiro atoms. The van der Waals surface area contributed by atoms with Crippen molar-refractivity contribution in [1.82, 2.24) is 9.62 Å². The molecule has 1 aliphatic carbocycles. The van der Waals surface area contributed by atoms with Gasteiger partial charge in [0.25, 0.3) is 0 Å². The minimum absolute atomic E-state index is 0.180. The van der Waals surface area contributed by atoms with E-state index in [1.54, 1.807) is 6.92 Å². The second kappa shape index (κ2) is 5.53. The Morgan fingerprint density at radius 2 is 1.94 bits per heavy atom. The van der Waals surface area contributed by atoms with E-state index in [-0.39, 0.29) is 12.3 Å². The van der Waals surface area contributed by atoms with Crippen LogP contribution < -0.4 is 5.32 Å². The van der Waals surface area contributed by atoms with Crippen LogP contribution in [0.2, 0.25) is 0 Å². The number of sulfonamides is 1. The van der Waals surface area contributed by atoms with Crippen LogP contribution in [0.15, 0.2) is 0 Å². The highest BCUT2D eigenvalue weighted by atomic mass is 32.2. The second-order valence-electron chi connectivity index (χ2n) is 4.06. The van der Waals surface area contributed by atoms with Crippen molar-refractivity contribution < 1.29 is 21.6 Å². The van der Waals surface area contributed by atoms with Gasteiger partial charge in [0.2, 0.25) is 10.0 Å². The van der Waals surface area contributed by atoms with Crippen LogP contribution in [0.3, 0.4) is 0 Å². The number of hydrogen-bond donors (Lipinski definition) is 1. The molecule has 0 aliphatic heterocycles. The van der Waals surface area contributed by atoms with E-state index in [4.69, 9.17) is 0 Å². The summed E-state index contributed by atoms with van der Waals surface area (Å²) in [4.78, 5) is 0. The lowest BCUT2D eigenvalue weighted by Crippen LogP contribution is -2.43. The van der Waals surface area contributed by atoms with Crippen LogP contribution >= 0.6 is 0 Å². The van der Waals surface area contributed by atoms with Gasteiger partial charge >= 0.3 is 6.18 Å². The van der Waals surface area contributed by atoms with Crippen molar-refractivity contribution >= 4 is 10.0 Å². The minimum atomic E-state index is -4.48. The third-order valence-corrected chi connectivity index (χ3v) is 4.30. The Morgan fingerprint density at radius 1 is 1.35 bits per heavy atom. The van der Waals surface area contributed by atoms with Gasteiger partial charge in [-0.25, -0.2) is 8.42 Å². The van der Waals surface area contributed by atoms with Crippen molar-refractivity contribution in [3.05, 3.63) is 0 Å². The Labute approximate surface area is 99.2 Å². The molecule has 1 rings (SSSR count). The SMILES string of the molecule is CCNCCS(=O)(=O)N(CC(F)(F)F)C1CC1. The van der Waals surface area contributed by atoms with E-state index in [0.717, 1.165) is 0 Å². The fourth-order valence-electron chi connectivity index (χ4n) is 1.49. The topological polar surface area (TPSA) is 49.4 Å². The molecule has 0 atom stereocenters. The van der Waals surface area contributed by atoms with E-state index in [2.05, 4.69) is 5.32 Å². The third-order valence-electron chi connectivity index (χ3n) is 2.43. The molecular formula is C9H17F3N2O2S. The highest BCUT2D eigenvalue weighted by Gasteiger charge is 2.43. The van der Waals surface area contributed by atoms with E-state index in [1.807, 2.05) is 0 Å². The van der Waals surface area contributed by atoms with Crippen molar-refractivity contribution in [3.8, 4) is 0 Å². The summed E-state index contributed by atoms with van der Waals surface area (Å²) in [7, 11) is -3.81. The highest BCUT2D eigenvalue weighted by Crippen LogP contribution is 2.32. The zero-order valence-corrected chi connectivity index (χ0v) is 10.4. The Bertz CT molecular complexity index is 339. The van der Waals surface area contributed by atoms with Gasteiger partial charge in [-0.1, -0.05) is 6.92 Å². The van der Waals surface area contributed by atoms with Crippen molar-refractivity contribution in [1.29, 1.82) is 0 Å². The van der Waals surface area contributed by atoms with Gasteiger partial charge in [-0.15, -0.1) is 0 Å². The monoisotopic (exact) mass is 274 g/mol. The Morgan fingerprint density at radius 3 is 2.35 bits per heavy atom. The maximum atomic E-state index is 12.3. The predicted molar refractivity (Wildman–Crippen MR) is 58.1 cm³/mol. The van der Waals surface area contributed by atoms with Crippen molar-refractivity contribution in [2.75, 3.05) is 25.4 Å². The van der Waals surface area contributed by atoms with E-state index in [9.17, 15) is 21.6 Å². The summed E-state index contributed by atoms with van der Waals surface area (Å²) in [6, 6.07) is -0.455. The second-order valence-corrected chi connectivity index (χ2v) is 6.10. The Kier molecular flexibility index (Phi) is 4.79. The summed E-state index contributed by atoms with van der Waals surface area (Å²) < 4.78 is 61.0. The summed E-state index contributed by atoms with van der Waals surface area (Å²) in [5.74, 6) is -0.284. The lowest BCUT2D eigenvalue weighted by Gasteiger charge is -2.23. The van der Waals surface area contributed by atoms with Gasteiger partial charge in [0.15, 0.2) is 0 Å². The van der Waals surface area contributed by atoms with Gasteiger partial charge < -0.3 is 5.32 Å². The number of rotatable bonds is 7. The number of halogens is 3. The minimum Gasteiger partial charge on any atom is -0.316 e. The lowest BCUT2D eigenvalue weighted by molar-refractivity contribution is -0.136. The molecule has 0 aromatic carbocycles. The normalized spacial score (nSPS) is 17.7. The molecule has 1 fully saturated rings. The summed E-state index contributed by atoms with van der Waals surface area (Å²) in [5, 5.41) is 2.79. The molecular weight excluding hydrogens is 257 g/mol. The molecule has 1 aliphatic rings. The Balaban J connectivity index is 2.62. The van der Waals surface area contributed by atoms with Gasteiger partial charge in [0, 0.05) is 12.6 Å². The molecule has 102 valence electrons. The van der Waals surface area contributed by atoms with Crippen LogP contribution in [0.4, 0.5) is 13.2 Å². The Hall–Kier alpha value is -0.340. The first-order valence-corrected chi connectivity index (χ1v) is 7.14. The first-order valence-electron chi connectivity index (χ1n) is 5.53. The molecule has 17 heavy (non-hydrogen) atoms. The molecule has 0 aromatic rings. The maximum Gasteiger partial charge on any atom is 0.402 e.